The average molecular weight is 278 g/mol. The first-order chi connectivity index (χ1) is 9.19. The van der Waals surface area contributed by atoms with E-state index in [4.69, 9.17) is 16.3 Å². The van der Waals surface area contributed by atoms with Crippen LogP contribution in [-0.2, 0) is 0 Å². The number of benzene rings is 1. The van der Waals surface area contributed by atoms with Crippen molar-refractivity contribution >= 4 is 11.6 Å². The third-order valence-electron chi connectivity index (χ3n) is 3.07. The van der Waals surface area contributed by atoms with E-state index in [0.29, 0.717) is 5.88 Å². The van der Waals surface area contributed by atoms with E-state index >= 15 is 0 Å². The number of hydrogen-bond acceptors (Lipinski definition) is 4. The molecule has 0 amide bonds. The van der Waals surface area contributed by atoms with Crippen molar-refractivity contribution in [1.82, 2.24) is 15.3 Å². The van der Waals surface area contributed by atoms with Gasteiger partial charge in [-0.05, 0) is 31.2 Å². The lowest BCUT2D eigenvalue weighted by Gasteiger charge is -2.20. The largest absolute Gasteiger partial charge is 0.480 e. The third kappa shape index (κ3) is 2.69. The maximum atomic E-state index is 6.18. The summed E-state index contributed by atoms with van der Waals surface area (Å²) in [5.41, 5.74) is 2.84. The Morgan fingerprint density at radius 1 is 1.26 bits per heavy atom. The second-order valence-electron chi connectivity index (χ2n) is 4.13. The molecule has 0 radical (unpaired) electrons. The second-order valence-corrected chi connectivity index (χ2v) is 4.53. The van der Waals surface area contributed by atoms with E-state index in [1.165, 1.54) is 0 Å². The molecule has 0 aliphatic heterocycles. The van der Waals surface area contributed by atoms with Crippen LogP contribution in [0.4, 0.5) is 0 Å². The lowest BCUT2D eigenvalue weighted by molar-refractivity contribution is 0.384. The van der Waals surface area contributed by atoms with E-state index in [1.807, 2.05) is 32.2 Å². The van der Waals surface area contributed by atoms with Gasteiger partial charge in [-0.3, -0.25) is 4.98 Å². The molecule has 19 heavy (non-hydrogen) atoms. The van der Waals surface area contributed by atoms with Gasteiger partial charge >= 0.3 is 0 Å². The quantitative estimate of drug-likeness (QED) is 0.933. The summed E-state index contributed by atoms with van der Waals surface area (Å²) in [6.07, 6.45) is 3.27. The molecule has 1 aromatic carbocycles. The molecule has 0 aliphatic carbocycles. The van der Waals surface area contributed by atoms with Crippen LogP contribution >= 0.6 is 11.6 Å². The van der Waals surface area contributed by atoms with Gasteiger partial charge in [-0.25, -0.2) is 4.98 Å². The highest BCUT2D eigenvalue weighted by Crippen LogP contribution is 2.30. The summed E-state index contributed by atoms with van der Waals surface area (Å²) in [4.78, 5) is 8.56. The van der Waals surface area contributed by atoms with Crippen molar-refractivity contribution in [2.45, 2.75) is 13.0 Å². The zero-order valence-corrected chi connectivity index (χ0v) is 11.9. The van der Waals surface area contributed by atoms with Crippen LogP contribution < -0.4 is 10.1 Å². The van der Waals surface area contributed by atoms with Gasteiger partial charge in [0.25, 0.3) is 0 Å². The maximum absolute atomic E-state index is 6.18. The Morgan fingerprint density at radius 3 is 2.68 bits per heavy atom. The van der Waals surface area contributed by atoms with Gasteiger partial charge in [-0.2, -0.15) is 0 Å². The maximum Gasteiger partial charge on any atom is 0.237 e. The van der Waals surface area contributed by atoms with Crippen LogP contribution in [0.2, 0.25) is 5.02 Å². The fourth-order valence-electron chi connectivity index (χ4n) is 2.07. The van der Waals surface area contributed by atoms with Crippen LogP contribution in [0.1, 0.15) is 22.9 Å². The Morgan fingerprint density at radius 2 is 2.00 bits per heavy atom. The van der Waals surface area contributed by atoms with Crippen molar-refractivity contribution < 1.29 is 4.74 Å². The van der Waals surface area contributed by atoms with Crippen molar-refractivity contribution in [3.05, 3.63) is 52.4 Å². The van der Waals surface area contributed by atoms with Crippen molar-refractivity contribution in [3.63, 3.8) is 0 Å². The predicted octanol–water partition coefficient (Wildman–Crippen LogP) is 2.76. The molecular weight excluding hydrogens is 262 g/mol. The lowest BCUT2D eigenvalue weighted by atomic mass is 9.98. The van der Waals surface area contributed by atoms with E-state index in [1.54, 1.807) is 19.5 Å². The third-order valence-corrected chi connectivity index (χ3v) is 3.48. The molecule has 0 saturated heterocycles. The monoisotopic (exact) mass is 277 g/mol. The van der Waals surface area contributed by atoms with Crippen LogP contribution in [0.15, 0.2) is 30.6 Å². The molecule has 0 bridgehead atoms. The van der Waals surface area contributed by atoms with Gasteiger partial charge in [0.05, 0.1) is 13.2 Å². The second kappa shape index (κ2) is 5.99. The van der Waals surface area contributed by atoms with Crippen LogP contribution in [0.3, 0.4) is 0 Å². The highest BCUT2D eigenvalue weighted by Gasteiger charge is 2.21. The molecule has 1 aromatic heterocycles. The Hall–Kier alpha value is -1.65. The number of ether oxygens (including phenoxy) is 1. The van der Waals surface area contributed by atoms with Crippen LogP contribution in [0.25, 0.3) is 0 Å². The minimum atomic E-state index is -0.109. The minimum Gasteiger partial charge on any atom is -0.480 e. The van der Waals surface area contributed by atoms with E-state index < -0.39 is 0 Å². The smallest absolute Gasteiger partial charge is 0.237 e. The minimum absolute atomic E-state index is 0.109. The molecule has 0 aliphatic rings. The Bertz CT molecular complexity index is 574. The first-order valence-electron chi connectivity index (χ1n) is 5.96. The number of methoxy groups -OCH3 is 1. The molecule has 1 heterocycles. The van der Waals surface area contributed by atoms with Crippen molar-refractivity contribution in [1.29, 1.82) is 0 Å². The summed E-state index contributed by atoms with van der Waals surface area (Å²) in [6.45, 7) is 1.99. The average Bonchev–Trinajstić information content (AvgIpc) is 2.45. The molecule has 4 nitrogen and oxygen atoms in total. The fraction of sp³-hybridized carbons (Fsp3) is 0.286. The van der Waals surface area contributed by atoms with Crippen molar-refractivity contribution in [3.8, 4) is 5.88 Å². The number of nitrogens with one attached hydrogen (secondary N) is 1. The predicted molar refractivity (Wildman–Crippen MR) is 75.7 cm³/mol. The number of rotatable bonds is 4. The van der Waals surface area contributed by atoms with E-state index in [-0.39, 0.29) is 6.04 Å². The summed E-state index contributed by atoms with van der Waals surface area (Å²) in [5.74, 6) is 0.515. The zero-order valence-electron chi connectivity index (χ0n) is 11.1. The zero-order chi connectivity index (χ0) is 13.8. The molecule has 100 valence electrons. The first-order valence-corrected chi connectivity index (χ1v) is 6.34. The molecule has 5 heteroatoms. The van der Waals surface area contributed by atoms with Crippen LogP contribution in [0, 0.1) is 6.92 Å². The van der Waals surface area contributed by atoms with E-state index in [9.17, 15) is 0 Å². The molecule has 0 saturated carbocycles. The SMILES string of the molecule is CNC(c1cccc(Cl)c1C)c1nccnc1OC. The summed E-state index contributed by atoms with van der Waals surface area (Å²) in [6, 6.07) is 5.72. The van der Waals surface area contributed by atoms with Crippen molar-refractivity contribution in [2.75, 3.05) is 14.2 Å². The summed E-state index contributed by atoms with van der Waals surface area (Å²) >= 11 is 6.18. The normalized spacial score (nSPS) is 12.2. The first kappa shape index (κ1) is 13.8. The lowest BCUT2D eigenvalue weighted by Crippen LogP contribution is -2.21. The highest BCUT2D eigenvalue weighted by molar-refractivity contribution is 6.31. The number of halogens is 1. The van der Waals surface area contributed by atoms with Gasteiger partial charge < -0.3 is 10.1 Å². The van der Waals surface area contributed by atoms with Gasteiger partial charge in [0, 0.05) is 17.4 Å². The van der Waals surface area contributed by atoms with Gasteiger partial charge in [0.15, 0.2) is 0 Å². The fourth-order valence-corrected chi connectivity index (χ4v) is 2.25. The van der Waals surface area contributed by atoms with Crippen LogP contribution in [0.5, 0.6) is 5.88 Å². The molecule has 0 spiro atoms. The van der Waals surface area contributed by atoms with Crippen LogP contribution in [-0.4, -0.2) is 24.1 Å². The standard InChI is InChI=1S/C14H16ClN3O/c1-9-10(5-4-6-11(9)15)12(16-2)13-14(19-3)18-8-7-17-13/h4-8,12,16H,1-3H3. The molecule has 0 fully saturated rings. The number of nitrogens with zero attached hydrogens (tertiary/aromatic N) is 2. The van der Waals surface area contributed by atoms with Gasteiger partial charge in [0.1, 0.15) is 5.69 Å². The highest BCUT2D eigenvalue weighted by atomic mass is 35.5. The Labute approximate surface area is 117 Å². The molecule has 2 aromatic rings. The summed E-state index contributed by atoms with van der Waals surface area (Å²) in [7, 11) is 3.46. The number of aromatic nitrogens is 2. The van der Waals surface area contributed by atoms with Gasteiger partial charge in [-0.1, -0.05) is 23.7 Å². The van der Waals surface area contributed by atoms with Gasteiger partial charge in [-0.15, -0.1) is 0 Å². The topological polar surface area (TPSA) is 47.0 Å². The molecule has 1 N–H and O–H groups in total. The van der Waals surface area contributed by atoms with E-state index in [2.05, 4.69) is 15.3 Å². The Kier molecular flexibility index (Phi) is 4.35. The van der Waals surface area contributed by atoms with Crippen molar-refractivity contribution in [2.24, 2.45) is 0 Å². The summed E-state index contributed by atoms with van der Waals surface area (Å²) in [5, 5.41) is 3.97. The molecular formula is C14H16ClN3O. The summed E-state index contributed by atoms with van der Waals surface area (Å²) < 4.78 is 5.27. The Balaban J connectivity index is 2.53. The number of hydrogen-bond donors (Lipinski definition) is 1. The molecule has 1 atom stereocenters. The molecule has 1 unspecified atom stereocenters. The molecule has 2 rings (SSSR count). The van der Waals surface area contributed by atoms with E-state index in [0.717, 1.165) is 21.8 Å². The van der Waals surface area contributed by atoms with Gasteiger partial charge in [0.2, 0.25) is 5.88 Å².